The number of ether oxygens (including phenoxy) is 1. The Bertz CT molecular complexity index is 576. The van der Waals surface area contributed by atoms with Crippen molar-refractivity contribution in [2.24, 2.45) is 5.73 Å². The summed E-state index contributed by atoms with van der Waals surface area (Å²) in [5.41, 5.74) is 9.56. The van der Waals surface area contributed by atoms with Crippen molar-refractivity contribution in [3.05, 3.63) is 28.4 Å². The van der Waals surface area contributed by atoms with Crippen molar-refractivity contribution >= 4 is 22.5 Å². The number of methoxy groups -OCH3 is 1. The minimum absolute atomic E-state index is 0.0807. The molecule has 0 radical (unpaired) electrons. The van der Waals surface area contributed by atoms with Crippen molar-refractivity contribution in [3.63, 3.8) is 0 Å². The highest BCUT2D eigenvalue weighted by Gasteiger charge is 2.24. The monoisotopic (exact) mass is 250 g/mol. The lowest BCUT2D eigenvalue weighted by molar-refractivity contribution is 0.419. The number of aromatic nitrogens is 1. The van der Waals surface area contributed by atoms with E-state index in [1.807, 2.05) is 12.1 Å². The molecule has 90 valence electrons. The predicted octanol–water partition coefficient (Wildman–Crippen LogP) is 3.17. The predicted molar refractivity (Wildman–Crippen MR) is 69.7 cm³/mol. The SMILES string of the molecule is COc1ccc(Cl)c2c3c([nH]c12)CCCC3N. The van der Waals surface area contributed by atoms with Crippen molar-refractivity contribution < 1.29 is 4.74 Å². The van der Waals surface area contributed by atoms with E-state index < -0.39 is 0 Å². The number of H-pyrrole nitrogens is 1. The van der Waals surface area contributed by atoms with Crippen LogP contribution in [0.4, 0.5) is 0 Å². The standard InChI is InChI=1S/C13H15ClN2O/c1-17-10-6-5-7(14)11-12-8(15)3-2-4-9(12)16-13(10)11/h5-6,8,16H,2-4,15H2,1H3. The molecule has 0 saturated heterocycles. The molecule has 0 bridgehead atoms. The molecule has 3 N–H and O–H groups in total. The Morgan fingerprint density at radius 3 is 3.06 bits per heavy atom. The number of nitrogens with two attached hydrogens (primary N) is 1. The van der Waals surface area contributed by atoms with Gasteiger partial charge in [-0.25, -0.2) is 0 Å². The van der Waals surface area contributed by atoms with Gasteiger partial charge in [0, 0.05) is 17.1 Å². The van der Waals surface area contributed by atoms with E-state index in [-0.39, 0.29) is 6.04 Å². The topological polar surface area (TPSA) is 51.0 Å². The minimum Gasteiger partial charge on any atom is -0.495 e. The Hall–Kier alpha value is -1.19. The molecule has 1 unspecified atom stereocenters. The van der Waals surface area contributed by atoms with Crippen LogP contribution in [0.5, 0.6) is 5.75 Å². The Labute approximate surface area is 105 Å². The first-order chi connectivity index (χ1) is 8.22. The summed E-state index contributed by atoms with van der Waals surface area (Å²) in [4.78, 5) is 3.42. The van der Waals surface area contributed by atoms with Gasteiger partial charge in [-0.2, -0.15) is 0 Å². The molecule has 17 heavy (non-hydrogen) atoms. The third-order valence-electron chi connectivity index (χ3n) is 3.52. The van der Waals surface area contributed by atoms with Gasteiger partial charge in [0.2, 0.25) is 0 Å². The Morgan fingerprint density at radius 2 is 2.29 bits per heavy atom. The first kappa shape index (κ1) is 10.9. The lowest BCUT2D eigenvalue weighted by Gasteiger charge is -2.19. The molecule has 0 fully saturated rings. The second-order valence-electron chi connectivity index (χ2n) is 4.52. The molecule has 3 nitrogen and oxygen atoms in total. The number of aryl methyl sites for hydroxylation is 1. The van der Waals surface area contributed by atoms with Crippen molar-refractivity contribution in [3.8, 4) is 5.75 Å². The normalized spacial score (nSPS) is 19.4. The van der Waals surface area contributed by atoms with Crippen molar-refractivity contribution in [1.82, 2.24) is 4.98 Å². The van der Waals surface area contributed by atoms with E-state index in [2.05, 4.69) is 4.98 Å². The number of fused-ring (bicyclic) bond motifs is 3. The van der Waals surface area contributed by atoms with Crippen LogP contribution in [0.3, 0.4) is 0 Å². The Kier molecular flexibility index (Phi) is 2.53. The molecule has 0 saturated carbocycles. The zero-order valence-corrected chi connectivity index (χ0v) is 10.5. The molecule has 0 amide bonds. The molecule has 1 atom stereocenters. The average Bonchev–Trinajstić information content (AvgIpc) is 2.71. The van der Waals surface area contributed by atoms with E-state index in [1.165, 1.54) is 11.3 Å². The van der Waals surface area contributed by atoms with Gasteiger partial charge in [-0.1, -0.05) is 11.6 Å². The summed E-state index contributed by atoms with van der Waals surface area (Å²) in [6.45, 7) is 0. The van der Waals surface area contributed by atoms with E-state index in [0.29, 0.717) is 0 Å². The molecular formula is C13H15ClN2O. The van der Waals surface area contributed by atoms with Gasteiger partial charge in [0.15, 0.2) is 0 Å². The minimum atomic E-state index is 0.0807. The van der Waals surface area contributed by atoms with Gasteiger partial charge >= 0.3 is 0 Å². The van der Waals surface area contributed by atoms with E-state index >= 15 is 0 Å². The Balaban J connectivity index is 2.38. The van der Waals surface area contributed by atoms with Crippen LogP contribution in [0.2, 0.25) is 5.02 Å². The van der Waals surface area contributed by atoms with Gasteiger partial charge in [0.1, 0.15) is 5.75 Å². The fourth-order valence-corrected chi connectivity index (χ4v) is 2.99. The number of benzene rings is 1. The number of rotatable bonds is 1. The van der Waals surface area contributed by atoms with Crippen LogP contribution < -0.4 is 10.5 Å². The quantitative estimate of drug-likeness (QED) is 0.817. The number of halogens is 1. The summed E-state index contributed by atoms with van der Waals surface area (Å²) >= 11 is 6.30. The van der Waals surface area contributed by atoms with E-state index in [9.17, 15) is 0 Å². The summed E-state index contributed by atoms with van der Waals surface area (Å²) in [7, 11) is 1.67. The third kappa shape index (κ3) is 1.53. The largest absolute Gasteiger partial charge is 0.495 e. The van der Waals surface area contributed by atoms with E-state index in [0.717, 1.165) is 40.9 Å². The van der Waals surface area contributed by atoms with Gasteiger partial charge in [0.25, 0.3) is 0 Å². The summed E-state index contributed by atoms with van der Waals surface area (Å²) in [5.74, 6) is 0.825. The summed E-state index contributed by atoms with van der Waals surface area (Å²) in [6.07, 6.45) is 3.19. The molecule has 2 aromatic rings. The number of hydrogen-bond donors (Lipinski definition) is 2. The van der Waals surface area contributed by atoms with Crippen LogP contribution in [-0.2, 0) is 6.42 Å². The molecule has 1 aromatic carbocycles. The van der Waals surface area contributed by atoms with Crippen LogP contribution in [0.25, 0.3) is 10.9 Å². The molecule has 0 spiro atoms. The highest BCUT2D eigenvalue weighted by molar-refractivity contribution is 6.36. The highest BCUT2D eigenvalue weighted by Crippen LogP contribution is 2.40. The lowest BCUT2D eigenvalue weighted by Crippen LogP contribution is -2.16. The van der Waals surface area contributed by atoms with Gasteiger partial charge in [-0.3, -0.25) is 0 Å². The highest BCUT2D eigenvalue weighted by atomic mass is 35.5. The number of nitrogens with one attached hydrogen (secondary N) is 1. The maximum Gasteiger partial charge on any atom is 0.143 e. The fourth-order valence-electron chi connectivity index (χ4n) is 2.73. The molecular weight excluding hydrogens is 236 g/mol. The number of hydrogen-bond acceptors (Lipinski definition) is 2. The lowest BCUT2D eigenvalue weighted by atomic mass is 9.91. The van der Waals surface area contributed by atoms with Crippen molar-refractivity contribution in [2.45, 2.75) is 25.3 Å². The molecule has 3 rings (SSSR count). The molecule has 1 aromatic heterocycles. The van der Waals surface area contributed by atoms with Crippen LogP contribution >= 0.6 is 11.6 Å². The summed E-state index contributed by atoms with van der Waals surface area (Å²) < 4.78 is 5.36. The van der Waals surface area contributed by atoms with E-state index in [4.69, 9.17) is 22.1 Å². The molecule has 1 aliphatic carbocycles. The van der Waals surface area contributed by atoms with Crippen LogP contribution in [0, 0.1) is 0 Å². The van der Waals surface area contributed by atoms with Crippen LogP contribution in [0.15, 0.2) is 12.1 Å². The van der Waals surface area contributed by atoms with Crippen LogP contribution in [-0.4, -0.2) is 12.1 Å². The Morgan fingerprint density at radius 1 is 1.47 bits per heavy atom. The second-order valence-corrected chi connectivity index (χ2v) is 4.92. The molecule has 1 aliphatic rings. The fraction of sp³-hybridized carbons (Fsp3) is 0.385. The number of aromatic amines is 1. The molecule has 4 heteroatoms. The van der Waals surface area contributed by atoms with Crippen molar-refractivity contribution in [1.29, 1.82) is 0 Å². The zero-order valence-electron chi connectivity index (χ0n) is 9.72. The average molecular weight is 251 g/mol. The summed E-state index contributed by atoms with van der Waals surface area (Å²) in [5, 5.41) is 1.78. The van der Waals surface area contributed by atoms with E-state index in [1.54, 1.807) is 7.11 Å². The van der Waals surface area contributed by atoms with Gasteiger partial charge in [0.05, 0.1) is 17.6 Å². The summed E-state index contributed by atoms with van der Waals surface area (Å²) in [6, 6.07) is 3.84. The maximum absolute atomic E-state index is 6.30. The molecule has 1 heterocycles. The smallest absolute Gasteiger partial charge is 0.143 e. The van der Waals surface area contributed by atoms with Crippen molar-refractivity contribution in [2.75, 3.05) is 7.11 Å². The maximum atomic E-state index is 6.30. The van der Waals surface area contributed by atoms with Gasteiger partial charge in [-0.05, 0) is 37.0 Å². The van der Waals surface area contributed by atoms with Gasteiger partial charge < -0.3 is 15.5 Å². The zero-order chi connectivity index (χ0) is 12.0. The third-order valence-corrected chi connectivity index (χ3v) is 3.83. The first-order valence-corrected chi connectivity index (χ1v) is 6.22. The second kappa shape index (κ2) is 3.93. The van der Waals surface area contributed by atoms with Gasteiger partial charge in [-0.15, -0.1) is 0 Å². The van der Waals surface area contributed by atoms with Crippen LogP contribution in [0.1, 0.15) is 30.1 Å². The molecule has 0 aliphatic heterocycles. The first-order valence-electron chi connectivity index (χ1n) is 5.85.